The van der Waals surface area contributed by atoms with Crippen LogP contribution in [0.2, 0.25) is 0 Å². The van der Waals surface area contributed by atoms with Crippen molar-refractivity contribution in [1.82, 2.24) is 4.98 Å². The SMILES string of the molecule is COc1ccc(Cc2nc(C(C)(C)C)c(CC#N)s2)cc1. The number of nitrogens with zero attached hydrogens (tertiary/aromatic N) is 2. The zero-order valence-electron chi connectivity index (χ0n) is 12.9. The van der Waals surface area contributed by atoms with Gasteiger partial charge in [0.05, 0.1) is 30.3 Å². The molecule has 0 aliphatic carbocycles. The Morgan fingerprint density at radius 1 is 1.24 bits per heavy atom. The average molecular weight is 300 g/mol. The van der Waals surface area contributed by atoms with Gasteiger partial charge in [0.2, 0.25) is 0 Å². The highest BCUT2D eigenvalue weighted by molar-refractivity contribution is 7.11. The lowest BCUT2D eigenvalue weighted by molar-refractivity contribution is 0.414. The topological polar surface area (TPSA) is 45.9 Å². The van der Waals surface area contributed by atoms with E-state index >= 15 is 0 Å². The molecule has 0 aliphatic rings. The normalized spacial score (nSPS) is 11.2. The van der Waals surface area contributed by atoms with Crippen LogP contribution in [0.3, 0.4) is 0 Å². The molecule has 0 fully saturated rings. The van der Waals surface area contributed by atoms with Gasteiger partial charge in [0, 0.05) is 16.7 Å². The van der Waals surface area contributed by atoms with Crippen LogP contribution in [0.5, 0.6) is 5.75 Å². The fourth-order valence-electron chi connectivity index (χ4n) is 2.17. The smallest absolute Gasteiger partial charge is 0.118 e. The Morgan fingerprint density at radius 3 is 2.43 bits per heavy atom. The molecular formula is C17H20N2OS. The second-order valence-electron chi connectivity index (χ2n) is 5.99. The van der Waals surface area contributed by atoms with Gasteiger partial charge in [-0.15, -0.1) is 11.3 Å². The number of methoxy groups -OCH3 is 1. The Bertz CT molecular complexity index is 645. The van der Waals surface area contributed by atoms with Crippen molar-refractivity contribution in [2.45, 2.75) is 39.0 Å². The van der Waals surface area contributed by atoms with E-state index in [4.69, 9.17) is 15.0 Å². The van der Waals surface area contributed by atoms with Crippen LogP contribution in [0.15, 0.2) is 24.3 Å². The first-order valence-corrected chi connectivity index (χ1v) is 7.74. The molecule has 1 aromatic heterocycles. The minimum absolute atomic E-state index is 0.0269. The highest BCUT2D eigenvalue weighted by Gasteiger charge is 2.23. The number of hydrogen-bond acceptors (Lipinski definition) is 4. The minimum atomic E-state index is -0.0269. The summed E-state index contributed by atoms with van der Waals surface area (Å²) in [4.78, 5) is 5.87. The summed E-state index contributed by atoms with van der Waals surface area (Å²) in [5.74, 6) is 0.860. The van der Waals surface area contributed by atoms with Crippen LogP contribution < -0.4 is 4.74 Å². The molecule has 0 amide bonds. The molecule has 0 aliphatic heterocycles. The summed E-state index contributed by atoms with van der Waals surface area (Å²) >= 11 is 1.65. The first kappa shape index (κ1) is 15.5. The fraction of sp³-hybridized carbons (Fsp3) is 0.412. The molecule has 0 atom stereocenters. The van der Waals surface area contributed by atoms with Crippen molar-refractivity contribution >= 4 is 11.3 Å². The van der Waals surface area contributed by atoms with Gasteiger partial charge in [-0.1, -0.05) is 32.9 Å². The molecule has 0 spiro atoms. The molecule has 4 heteroatoms. The highest BCUT2D eigenvalue weighted by atomic mass is 32.1. The predicted octanol–water partition coefficient (Wildman–Crippen LogP) is 4.11. The maximum Gasteiger partial charge on any atom is 0.118 e. The monoisotopic (exact) mass is 300 g/mol. The van der Waals surface area contributed by atoms with Gasteiger partial charge in [-0.05, 0) is 17.7 Å². The Kier molecular flexibility index (Phi) is 4.64. The van der Waals surface area contributed by atoms with Crippen molar-refractivity contribution in [3.05, 3.63) is 45.4 Å². The van der Waals surface area contributed by atoms with Crippen molar-refractivity contribution in [2.75, 3.05) is 7.11 Å². The molecule has 110 valence electrons. The van der Waals surface area contributed by atoms with Crippen molar-refractivity contribution in [2.24, 2.45) is 0 Å². The van der Waals surface area contributed by atoms with Gasteiger partial charge in [0.15, 0.2) is 0 Å². The van der Waals surface area contributed by atoms with Crippen LogP contribution >= 0.6 is 11.3 Å². The van der Waals surface area contributed by atoms with Crippen molar-refractivity contribution in [1.29, 1.82) is 5.26 Å². The lowest BCUT2D eigenvalue weighted by atomic mass is 9.91. The van der Waals surface area contributed by atoms with E-state index in [0.29, 0.717) is 6.42 Å². The second-order valence-corrected chi connectivity index (χ2v) is 7.16. The molecular weight excluding hydrogens is 280 g/mol. The summed E-state index contributed by atoms with van der Waals surface area (Å²) in [5, 5.41) is 10.0. The molecule has 0 N–H and O–H groups in total. The van der Waals surface area contributed by atoms with E-state index in [2.05, 4.69) is 39.0 Å². The summed E-state index contributed by atoms with van der Waals surface area (Å²) in [7, 11) is 1.67. The van der Waals surface area contributed by atoms with Gasteiger partial charge in [-0.25, -0.2) is 4.98 Å². The lowest BCUT2D eigenvalue weighted by Gasteiger charge is -2.16. The Hall–Kier alpha value is -1.86. The van der Waals surface area contributed by atoms with Crippen LogP contribution in [-0.4, -0.2) is 12.1 Å². The predicted molar refractivity (Wildman–Crippen MR) is 85.9 cm³/mol. The number of benzene rings is 1. The van der Waals surface area contributed by atoms with E-state index in [-0.39, 0.29) is 5.41 Å². The third kappa shape index (κ3) is 3.83. The number of aromatic nitrogens is 1. The summed E-state index contributed by atoms with van der Waals surface area (Å²) in [5.41, 5.74) is 2.23. The van der Waals surface area contributed by atoms with Crippen LogP contribution in [0.25, 0.3) is 0 Å². The molecule has 0 saturated carbocycles. The summed E-state index contributed by atoms with van der Waals surface area (Å²) in [6.45, 7) is 6.42. The molecule has 2 aromatic rings. The standard InChI is InChI=1S/C17H20N2OS/c1-17(2,3)16-14(9-10-18)21-15(19-16)11-12-5-7-13(20-4)8-6-12/h5-8H,9,11H2,1-4H3. The maximum absolute atomic E-state index is 8.98. The largest absolute Gasteiger partial charge is 0.497 e. The second kappa shape index (κ2) is 6.28. The van der Waals surface area contributed by atoms with E-state index in [1.807, 2.05) is 12.1 Å². The number of hydrogen-bond donors (Lipinski definition) is 0. The third-order valence-electron chi connectivity index (χ3n) is 3.21. The van der Waals surface area contributed by atoms with Crippen molar-refractivity contribution in [3.8, 4) is 11.8 Å². The third-order valence-corrected chi connectivity index (χ3v) is 4.26. The molecule has 2 rings (SSSR count). The number of nitriles is 1. The maximum atomic E-state index is 8.98. The minimum Gasteiger partial charge on any atom is -0.497 e. The van der Waals surface area contributed by atoms with Crippen molar-refractivity contribution < 1.29 is 4.74 Å². The zero-order chi connectivity index (χ0) is 15.5. The molecule has 1 heterocycles. The number of ether oxygens (including phenoxy) is 1. The van der Waals surface area contributed by atoms with Gasteiger partial charge in [-0.2, -0.15) is 5.26 Å². The first-order valence-electron chi connectivity index (χ1n) is 6.93. The number of rotatable bonds is 4. The van der Waals surface area contributed by atoms with Gasteiger partial charge in [-0.3, -0.25) is 0 Å². The molecule has 3 nitrogen and oxygen atoms in total. The van der Waals surface area contributed by atoms with E-state index in [1.165, 1.54) is 5.56 Å². The number of thiazole rings is 1. The quantitative estimate of drug-likeness (QED) is 0.853. The highest BCUT2D eigenvalue weighted by Crippen LogP contribution is 2.31. The Labute approximate surface area is 130 Å². The van der Waals surface area contributed by atoms with E-state index in [0.717, 1.165) is 27.7 Å². The van der Waals surface area contributed by atoms with Crippen LogP contribution in [0, 0.1) is 11.3 Å². The molecule has 0 radical (unpaired) electrons. The van der Waals surface area contributed by atoms with Crippen LogP contribution in [-0.2, 0) is 18.3 Å². The fourth-order valence-corrected chi connectivity index (χ4v) is 3.42. The zero-order valence-corrected chi connectivity index (χ0v) is 13.8. The molecule has 21 heavy (non-hydrogen) atoms. The van der Waals surface area contributed by atoms with Gasteiger partial charge in [0.25, 0.3) is 0 Å². The summed E-state index contributed by atoms with van der Waals surface area (Å²) in [6.07, 6.45) is 1.23. The van der Waals surface area contributed by atoms with E-state index < -0.39 is 0 Å². The molecule has 1 aromatic carbocycles. The molecule has 0 saturated heterocycles. The van der Waals surface area contributed by atoms with Gasteiger partial charge < -0.3 is 4.74 Å². The van der Waals surface area contributed by atoms with E-state index in [1.54, 1.807) is 18.4 Å². The summed E-state index contributed by atoms with van der Waals surface area (Å²) < 4.78 is 5.17. The Balaban J connectivity index is 2.26. The summed E-state index contributed by atoms with van der Waals surface area (Å²) in [6, 6.07) is 10.3. The molecule has 0 unspecified atom stereocenters. The van der Waals surface area contributed by atoms with Gasteiger partial charge in [0.1, 0.15) is 5.75 Å². The van der Waals surface area contributed by atoms with Crippen LogP contribution in [0.4, 0.5) is 0 Å². The lowest BCUT2D eigenvalue weighted by Crippen LogP contribution is -2.14. The Morgan fingerprint density at radius 2 is 1.90 bits per heavy atom. The van der Waals surface area contributed by atoms with Crippen LogP contribution in [0.1, 0.15) is 41.9 Å². The first-order chi connectivity index (χ1) is 9.94. The van der Waals surface area contributed by atoms with Gasteiger partial charge >= 0.3 is 0 Å². The van der Waals surface area contributed by atoms with E-state index in [9.17, 15) is 0 Å². The van der Waals surface area contributed by atoms with Crippen molar-refractivity contribution in [3.63, 3.8) is 0 Å². The molecule has 0 bridgehead atoms. The average Bonchev–Trinajstić information content (AvgIpc) is 2.83.